The smallest absolute Gasteiger partial charge is 0.364 e. The van der Waals surface area contributed by atoms with Gasteiger partial charge < -0.3 is 23.5 Å². The molecule has 1 aromatic heterocycles. The molecule has 2 aromatic carbocycles. The zero-order valence-electron chi connectivity index (χ0n) is 27.0. The fraction of sp³-hybridized carbons (Fsp3) is 0.485. The third-order valence-electron chi connectivity index (χ3n) is 7.13. The minimum Gasteiger partial charge on any atom is -0.460 e. The van der Waals surface area contributed by atoms with Crippen molar-refractivity contribution >= 4 is 11.9 Å². The fourth-order valence-electron chi connectivity index (χ4n) is 5.43. The van der Waals surface area contributed by atoms with E-state index in [0.29, 0.717) is 18.4 Å². The van der Waals surface area contributed by atoms with Crippen molar-refractivity contribution in [2.45, 2.75) is 104 Å². The summed E-state index contributed by atoms with van der Waals surface area (Å²) in [6, 6.07) is 5.15. The third-order valence-corrected chi connectivity index (χ3v) is 7.13. The van der Waals surface area contributed by atoms with Crippen molar-refractivity contribution in [2.24, 2.45) is 0 Å². The summed E-state index contributed by atoms with van der Waals surface area (Å²) in [7, 11) is 0. The van der Waals surface area contributed by atoms with Gasteiger partial charge in [0.2, 0.25) is 34.8 Å². The Morgan fingerprint density at radius 2 is 1.49 bits per heavy atom. The van der Waals surface area contributed by atoms with E-state index < -0.39 is 87.8 Å². The predicted molar refractivity (Wildman–Crippen MR) is 156 cm³/mol. The number of imidazole rings is 1. The van der Waals surface area contributed by atoms with Gasteiger partial charge in [-0.15, -0.1) is 0 Å². The first kappa shape index (κ1) is 35.9. The monoisotopic (exact) mass is 670 g/mol. The molecule has 0 radical (unpaired) electrons. The Kier molecular flexibility index (Phi) is 10.5. The lowest BCUT2D eigenvalue weighted by atomic mass is 10.0. The number of rotatable bonds is 9. The summed E-state index contributed by atoms with van der Waals surface area (Å²) in [4.78, 5) is 30.2. The Bertz CT molecular complexity index is 1620. The average molecular weight is 671 g/mol. The second-order valence-corrected chi connectivity index (χ2v) is 13.0. The molecule has 1 saturated heterocycles. The largest absolute Gasteiger partial charge is 0.460 e. The summed E-state index contributed by atoms with van der Waals surface area (Å²) in [6.07, 6.45) is -0.395. The molecule has 14 heteroatoms. The molecule has 4 rings (SSSR count). The van der Waals surface area contributed by atoms with Crippen LogP contribution in [-0.4, -0.2) is 45.1 Å². The van der Waals surface area contributed by atoms with Gasteiger partial charge in [-0.25, -0.2) is 27.3 Å². The van der Waals surface area contributed by atoms with Crippen molar-refractivity contribution in [3.05, 3.63) is 70.6 Å². The van der Waals surface area contributed by atoms with Crippen LogP contribution in [0.15, 0.2) is 24.3 Å². The van der Waals surface area contributed by atoms with Gasteiger partial charge in [0.1, 0.15) is 17.2 Å². The van der Waals surface area contributed by atoms with Gasteiger partial charge in [-0.3, -0.25) is 4.79 Å². The predicted octanol–water partition coefficient (Wildman–Crippen LogP) is 7.76. The highest BCUT2D eigenvalue weighted by atomic mass is 19.2. The molecule has 2 atom stereocenters. The highest BCUT2D eigenvalue weighted by molar-refractivity contribution is 5.91. The molecular weight excluding hydrogens is 634 g/mol. The quantitative estimate of drug-likeness (QED) is 0.0756. The minimum atomic E-state index is -2.41. The van der Waals surface area contributed by atoms with Crippen molar-refractivity contribution in [3.63, 3.8) is 0 Å². The molecule has 0 amide bonds. The Morgan fingerprint density at radius 1 is 0.936 bits per heavy atom. The Hall–Kier alpha value is -3.91. The van der Waals surface area contributed by atoms with Crippen LogP contribution in [0.25, 0.3) is 11.4 Å². The van der Waals surface area contributed by atoms with Gasteiger partial charge in [-0.05, 0) is 71.2 Å². The van der Waals surface area contributed by atoms with E-state index in [1.165, 1.54) is 24.3 Å². The third kappa shape index (κ3) is 8.33. The molecule has 1 aliphatic rings. The molecule has 3 aromatic rings. The molecule has 0 aliphatic carbocycles. The van der Waals surface area contributed by atoms with E-state index in [1.54, 1.807) is 53.0 Å². The van der Waals surface area contributed by atoms with E-state index in [2.05, 4.69) is 4.98 Å². The van der Waals surface area contributed by atoms with E-state index in [9.17, 15) is 35.9 Å². The van der Waals surface area contributed by atoms with Gasteiger partial charge in [-0.1, -0.05) is 13.8 Å². The number of halogens is 6. The van der Waals surface area contributed by atoms with Crippen molar-refractivity contribution in [2.75, 3.05) is 0 Å². The van der Waals surface area contributed by atoms with Gasteiger partial charge in [0, 0.05) is 18.5 Å². The number of hydrogen-bond acceptors (Lipinski definition) is 7. The number of esters is 2. The standard InChI is InChI=1S/C33H36F6N2O6/c1-16(2)28-27(31(43)44-29-25(38)23(36)22(35)24(37)26(29)39)40-30(17-8-10-18(34)11-9-17)41(28)13-12-19-14-20(46-33(6,7)45-19)15-21(42)47-32(3,4)5/h8-11,16,19-20H,12-15H2,1-7H3/t19-,20-/m1/s1. The molecular formula is C33H36F6N2O6. The maximum absolute atomic E-state index is 14.4. The molecule has 1 fully saturated rings. The second kappa shape index (κ2) is 13.7. The van der Waals surface area contributed by atoms with E-state index in [-0.39, 0.29) is 24.5 Å². The Labute approximate surface area is 268 Å². The van der Waals surface area contributed by atoms with E-state index in [0.717, 1.165) is 0 Å². The number of aromatic nitrogens is 2. The summed E-state index contributed by atoms with van der Waals surface area (Å²) >= 11 is 0. The van der Waals surface area contributed by atoms with Crippen LogP contribution in [0.2, 0.25) is 0 Å². The number of carbonyl (C=O) groups excluding carboxylic acids is 2. The number of nitrogens with zero attached hydrogens (tertiary/aromatic N) is 2. The highest BCUT2D eigenvalue weighted by Crippen LogP contribution is 2.35. The number of carbonyl (C=O) groups is 2. The SMILES string of the molecule is CC(C)c1c(C(=O)Oc2c(F)c(F)c(F)c(F)c2F)nc(-c2ccc(F)cc2)n1CC[C@@H]1C[C@H](CC(=O)OC(C)(C)C)OC(C)(C)O1. The summed E-state index contributed by atoms with van der Waals surface area (Å²) in [5.74, 6) is -17.2. The Balaban J connectivity index is 1.69. The van der Waals surface area contributed by atoms with Crippen LogP contribution in [-0.2, 0) is 25.5 Å². The van der Waals surface area contributed by atoms with Crippen LogP contribution in [0.4, 0.5) is 26.3 Å². The number of benzene rings is 2. The molecule has 1 aliphatic heterocycles. The van der Waals surface area contributed by atoms with Crippen LogP contribution >= 0.6 is 0 Å². The van der Waals surface area contributed by atoms with Crippen molar-refractivity contribution in [1.82, 2.24) is 9.55 Å². The first-order chi connectivity index (χ1) is 21.8. The van der Waals surface area contributed by atoms with Gasteiger partial charge in [0.25, 0.3) is 0 Å². The Morgan fingerprint density at radius 3 is 2.04 bits per heavy atom. The van der Waals surface area contributed by atoms with E-state index >= 15 is 0 Å². The van der Waals surface area contributed by atoms with Gasteiger partial charge in [0.15, 0.2) is 11.5 Å². The highest BCUT2D eigenvalue weighted by Gasteiger charge is 2.38. The summed E-state index contributed by atoms with van der Waals surface area (Å²) in [5.41, 5.74) is -0.549. The first-order valence-electron chi connectivity index (χ1n) is 15.0. The molecule has 256 valence electrons. The van der Waals surface area contributed by atoms with Gasteiger partial charge in [0.05, 0.1) is 24.3 Å². The van der Waals surface area contributed by atoms with E-state index in [1.807, 2.05) is 0 Å². The minimum absolute atomic E-state index is 0.0165. The molecule has 0 bridgehead atoms. The van der Waals surface area contributed by atoms with Crippen molar-refractivity contribution in [3.8, 4) is 17.1 Å². The van der Waals surface area contributed by atoms with Crippen LogP contribution in [0.5, 0.6) is 5.75 Å². The lowest BCUT2D eigenvalue weighted by Crippen LogP contribution is -2.46. The van der Waals surface area contributed by atoms with Crippen molar-refractivity contribution in [1.29, 1.82) is 0 Å². The molecule has 0 unspecified atom stereocenters. The molecule has 2 heterocycles. The second-order valence-electron chi connectivity index (χ2n) is 13.0. The zero-order chi connectivity index (χ0) is 35.0. The fourth-order valence-corrected chi connectivity index (χ4v) is 5.43. The lowest BCUT2D eigenvalue weighted by Gasteiger charge is -2.41. The van der Waals surface area contributed by atoms with E-state index in [4.69, 9.17) is 18.9 Å². The summed E-state index contributed by atoms with van der Waals surface area (Å²) in [5, 5.41) is 0. The maximum atomic E-state index is 14.4. The number of ether oxygens (including phenoxy) is 4. The number of hydrogen-bond donors (Lipinski definition) is 0. The first-order valence-corrected chi connectivity index (χ1v) is 15.0. The summed E-state index contributed by atoms with van der Waals surface area (Å²) in [6.45, 7) is 12.2. The molecule has 0 N–H and O–H groups in total. The van der Waals surface area contributed by atoms with Gasteiger partial charge >= 0.3 is 11.9 Å². The topological polar surface area (TPSA) is 88.9 Å². The average Bonchev–Trinajstić information content (AvgIpc) is 3.34. The van der Waals surface area contributed by atoms with Crippen LogP contribution in [0, 0.1) is 34.9 Å². The molecule has 47 heavy (non-hydrogen) atoms. The van der Waals surface area contributed by atoms with Crippen LogP contribution in [0.1, 0.15) is 89.8 Å². The van der Waals surface area contributed by atoms with Crippen molar-refractivity contribution < 1.29 is 54.9 Å². The van der Waals surface area contributed by atoms with Gasteiger partial charge in [-0.2, -0.15) is 8.78 Å². The normalized spacial score (nSPS) is 18.0. The maximum Gasteiger partial charge on any atom is 0.364 e. The van der Waals surface area contributed by atoms with Crippen LogP contribution in [0.3, 0.4) is 0 Å². The molecule has 8 nitrogen and oxygen atoms in total. The molecule has 0 saturated carbocycles. The zero-order valence-corrected chi connectivity index (χ0v) is 27.0. The summed E-state index contributed by atoms with van der Waals surface area (Å²) < 4.78 is 108. The molecule has 0 spiro atoms. The lowest BCUT2D eigenvalue weighted by molar-refractivity contribution is -0.301. The van der Waals surface area contributed by atoms with Crippen LogP contribution < -0.4 is 4.74 Å².